The molecule has 0 bridgehead atoms. The van der Waals surface area contributed by atoms with Crippen LogP contribution in [0.3, 0.4) is 0 Å². The summed E-state index contributed by atoms with van der Waals surface area (Å²) in [6, 6.07) is 7.40. The molecule has 1 atom stereocenters. The highest BCUT2D eigenvalue weighted by molar-refractivity contribution is 5.93. The average molecular weight is 271 g/mol. The van der Waals surface area contributed by atoms with Crippen LogP contribution in [0.25, 0.3) is 11.0 Å². The largest absolute Gasteiger partial charge is 0.388 e. The second-order valence-electron chi connectivity index (χ2n) is 5.56. The fourth-order valence-corrected chi connectivity index (χ4v) is 2.27. The first kappa shape index (κ1) is 13.0. The zero-order valence-corrected chi connectivity index (χ0v) is 11.3. The molecule has 20 heavy (non-hydrogen) atoms. The van der Waals surface area contributed by atoms with E-state index in [0.29, 0.717) is 11.4 Å². The van der Waals surface area contributed by atoms with E-state index < -0.39 is 5.60 Å². The van der Waals surface area contributed by atoms with Crippen molar-refractivity contribution in [2.45, 2.75) is 25.4 Å². The molecule has 3 rings (SSSR count). The highest BCUT2D eigenvalue weighted by Gasteiger charge is 2.40. The van der Waals surface area contributed by atoms with E-state index in [2.05, 4.69) is 15.3 Å². The van der Waals surface area contributed by atoms with Crippen molar-refractivity contribution in [2.24, 2.45) is 5.92 Å². The number of hydrogen-bond acceptors (Lipinski definition) is 4. The quantitative estimate of drug-likeness (QED) is 0.884. The van der Waals surface area contributed by atoms with Crippen LogP contribution in [0.15, 0.2) is 30.5 Å². The molecule has 5 heteroatoms. The van der Waals surface area contributed by atoms with Gasteiger partial charge < -0.3 is 10.4 Å². The number of amides is 1. The SMILES string of the molecule is C[C@@](O)(CNC(=O)c1cnc2ccccc2n1)C1CC1. The van der Waals surface area contributed by atoms with Gasteiger partial charge in [-0.25, -0.2) is 4.98 Å². The van der Waals surface area contributed by atoms with Gasteiger partial charge in [-0.05, 0) is 37.8 Å². The molecule has 0 spiro atoms. The van der Waals surface area contributed by atoms with Crippen molar-refractivity contribution >= 4 is 16.9 Å². The van der Waals surface area contributed by atoms with Crippen molar-refractivity contribution in [3.63, 3.8) is 0 Å². The Morgan fingerprint density at radius 1 is 1.40 bits per heavy atom. The molecule has 104 valence electrons. The molecule has 1 fully saturated rings. The Kier molecular flexibility index (Phi) is 3.14. The first-order valence-corrected chi connectivity index (χ1v) is 6.79. The zero-order valence-electron chi connectivity index (χ0n) is 11.3. The van der Waals surface area contributed by atoms with Crippen molar-refractivity contribution in [2.75, 3.05) is 6.54 Å². The number of rotatable bonds is 4. The van der Waals surface area contributed by atoms with Gasteiger partial charge in [0.15, 0.2) is 0 Å². The van der Waals surface area contributed by atoms with Gasteiger partial charge in [0.1, 0.15) is 5.69 Å². The predicted molar refractivity (Wildman–Crippen MR) is 75.2 cm³/mol. The van der Waals surface area contributed by atoms with Gasteiger partial charge in [-0.2, -0.15) is 0 Å². The number of carbonyl (C=O) groups is 1. The van der Waals surface area contributed by atoms with Crippen LogP contribution in [-0.2, 0) is 0 Å². The van der Waals surface area contributed by atoms with Crippen molar-refractivity contribution in [1.29, 1.82) is 0 Å². The number of hydrogen-bond donors (Lipinski definition) is 2. The van der Waals surface area contributed by atoms with Gasteiger partial charge in [0.2, 0.25) is 0 Å². The summed E-state index contributed by atoms with van der Waals surface area (Å²) in [6.07, 6.45) is 3.51. The number of aliphatic hydroxyl groups is 1. The van der Waals surface area contributed by atoms with E-state index in [1.807, 2.05) is 24.3 Å². The molecule has 5 nitrogen and oxygen atoms in total. The van der Waals surface area contributed by atoms with Gasteiger partial charge in [0.05, 0.1) is 22.8 Å². The van der Waals surface area contributed by atoms with Gasteiger partial charge >= 0.3 is 0 Å². The maximum absolute atomic E-state index is 12.1. The van der Waals surface area contributed by atoms with Crippen LogP contribution in [0, 0.1) is 5.92 Å². The van der Waals surface area contributed by atoms with E-state index in [1.165, 1.54) is 6.20 Å². The highest BCUT2D eigenvalue weighted by Crippen LogP contribution is 2.38. The number of carbonyl (C=O) groups excluding carboxylic acids is 1. The summed E-state index contributed by atoms with van der Waals surface area (Å²) in [7, 11) is 0. The van der Waals surface area contributed by atoms with E-state index >= 15 is 0 Å². The number of nitrogens with one attached hydrogen (secondary N) is 1. The molecule has 0 saturated heterocycles. The van der Waals surface area contributed by atoms with Crippen molar-refractivity contribution in [3.8, 4) is 0 Å². The Balaban J connectivity index is 1.72. The number of fused-ring (bicyclic) bond motifs is 1. The van der Waals surface area contributed by atoms with Crippen molar-refractivity contribution < 1.29 is 9.90 Å². The summed E-state index contributed by atoms with van der Waals surface area (Å²) in [4.78, 5) is 20.5. The summed E-state index contributed by atoms with van der Waals surface area (Å²) in [5, 5.41) is 12.9. The second kappa shape index (κ2) is 4.83. The minimum absolute atomic E-state index is 0.241. The van der Waals surface area contributed by atoms with Crippen LogP contribution in [-0.4, -0.2) is 33.1 Å². The topological polar surface area (TPSA) is 75.1 Å². The number of nitrogens with zero attached hydrogens (tertiary/aromatic N) is 2. The molecular weight excluding hydrogens is 254 g/mol. The van der Waals surface area contributed by atoms with Crippen LogP contribution in [0.1, 0.15) is 30.3 Å². The highest BCUT2D eigenvalue weighted by atomic mass is 16.3. The maximum Gasteiger partial charge on any atom is 0.271 e. The van der Waals surface area contributed by atoms with Crippen LogP contribution >= 0.6 is 0 Å². The van der Waals surface area contributed by atoms with E-state index in [4.69, 9.17) is 0 Å². The third-order valence-electron chi connectivity index (χ3n) is 3.74. The van der Waals surface area contributed by atoms with Gasteiger partial charge in [0, 0.05) is 6.54 Å². The lowest BCUT2D eigenvalue weighted by Gasteiger charge is -2.23. The van der Waals surface area contributed by atoms with Crippen LogP contribution < -0.4 is 5.32 Å². The van der Waals surface area contributed by atoms with Crippen LogP contribution in [0.2, 0.25) is 0 Å². The molecule has 1 aromatic carbocycles. The number of para-hydroxylation sites is 2. The number of benzene rings is 1. The summed E-state index contributed by atoms with van der Waals surface area (Å²) in [5.41, 5.74) is 0.887. The summed E-state index contributed by atoms with van der Waals surface area (Å²) < 4.78 is 0. The van der Waals surface area contributed by atoms with Gasteiger partial charge in [-0.3, -0.25) is 9.78 Å². The Morgan fingerprint density at radius 3 is 2.80 bits per heavy atom. The van der Waals surface area contributed by atoms with E-state index in [1.54, 1.807) is 6.92 Å². The lowest BCUT2D eigenvalue weighted by molar-refractivity contribution is 0.0353. The summed E-state index contributed by atoms with van der Waals surface area (Å²) >= 11 is 0. The second-order valence-corrected chi connectivity index (χ2v) is 5.56. The normalized spacial score (nSPS) is 17.7. The predicted octanol–water partition coefficient (Wildman–Crippen LogP) is 1.52. The molecule has 0 aliphatic heterocycles. The Hall–Kier alpha value is -2.01. The Bertz CT molecular complexity index is 650. The van der Waals surface area contributed by atoms with E-state index in [9.17, 15) is 9.90 Å². The Labute approximate surface area is 117 Å². The fourth-order valence-electron chi connectivity index (χ4n) is 2.27. The third kappa shape index (κ3) is 2.63. The van der Waals surface area contributed by atoms with E-state index in [-0.39, 0.29) is 18.1 Å². The molecule has 1 saturated carbocycles. The molecule has 1 aliphatic rings. The summed E-state index contributed by atoms with van der Waals surface area (Å²) in [5.74, 6) is -0.00494. The molecule has 1 aliphatic carbocycles. The standard InChI is InChI=1S/C15H17N3O2/c1-15(20,10-6-7-10)9-17-14(19)13-8-16-11-4-2-3-5-12(11)18-13/h2-5,8,10,20H,6-7,9H2,1H3,(H,17,19)/t15-/m1/s1. The lowest BCUT2D eigenvalue weighted by atomic mass is 10.0. The minimum atomic E-state index is -0.833. The molecule has 1 heterocycles. The van der Waals surface area contributed by atoms with Gasteiger partial charge in [-0.15, -0.1) is 0 Å². The smallest absolute Gasteiger partial charge is 0.271 e. The zero-order chi connectivity index (χ0) is 14.2. The maximum atomic E-state index is 12.1. The fraction of sp³-hybridized carbons (Fsp3) is 0.400. The summed E-state index contributed by atoms with van der Waals surface area (Å²) in [6.45, 7) is 2.00. The molecule has 2 aromatic rings. The van der Waals surface area contributed by atoms with Crippen molar-refractivity contribution in [3.05, 3.63) is 36.2 Å². The first-order valence-electron chi connectivity index (χ1n) is 6.79. The monoisotopic (exact) mass is 271 g/mol. The Morgan fingerprint density at radius 2 is 2.10 bits per heavy atom. The lowest BCUT2D eigenvalue weighted by Crippen LogP contribution is -2.42. The van der Waals surface area contributed by atoms with Gasteiger partial charge in [-0.1, -0.05) is 12.1 Å². The molecule has 0 unspecified atom stereocenters. The molecular formula is C15H17N3O2. The van der Waals surface area contributed by atoms with E-state index in [0.717, 1.165) is 18.4 Å². The van der Waals surface area contributed by atoms with Crippen LogP contribution in [0.5, 0.6) is 0 Å². The first-order chi connectivity index (χ1) is 9.56. The minimum Gasteiger partial charge on any atom is -0.388 e. The average Bonchev–Trinajstić information content (AvgIpc) is 3.29. The molecule has 0 radical (unpaired) electrons. The van der Waals surface area contributed by atoms with Crippen molar-refractivity contribution in [1.82, 2.24) is 15.3 Å². The van der Waals surface area contributed by atoms with Crippen LogP contribution in [0.4, 0.5) is 0 Å². The number of aromatic nitrogens is 2. The van der Waals surface area contributed by atoms with Gasteiger partial charge in [0.25, 0.3) is 5.91 Å². The molecule has 1 amide bonds. The molecule has 2 N–H and O–H groups in total. The molecule has 1 aromatic heterocycles. The third-order valence-corrected chi connectivity index (χ3v) is 3.74.